The molecule has 4 bridgehead atoms. The average molecular weight is 289 g/mol. The predicted molar refractivity (Wildman–Crippen MR) is 80.7 cm³/mol. The van der Waals surface area contributed by atoms with Crippen LogP contribution in [0, 0.1) is 17.8 Å². The van der Waals surface area contributed by atoms with Crippen LogP contribution in [-0.2, 0) is 11.8 Å². The van der Waals surface area contributed by atoms with Crippen molar-refractivity contribution in [1.29, 1.82) is 0 Å². The molecule has 0 radical (unpaired) electrons. The van der Waals surface area contributed by atoms with E-state index in [9.17, 15) is 0 Å². The van der Waals surface area contributed by atoms with Crippen molar-refractivity contribution in [3.8, 4) is 0 Å². The number of aromatic nitrogens is 2. The molecule has 4 aliphatic rings. The molecule has 4 nitrogen and oxygen atoms in total. The molecule has 4 aliphatic carbocycles. The average Bonchev–Trinajstić information content (AvgIpc) is 2.86. The van der Waals surface area contributed by atoms with Gasteiger partial charge in [-0.05, 0) is 62.7 Å². The molecule has 1 atom stereocenters. The number of hydrogen-bond acceptors (Lipinski definition) is 4. The second-order valence-corrected chi connectivity index (χ2v) is 7.96. The fourth-order valence-electron chi connectivity index (χ4n) is 5.63. The van der Waals surface area contributed by atoms with Crippen molar-refractivity contribution >= 4 is 0 Å². The van der Waals surface area contributed by atoms with Gasteiger partial charge in [0.1, 0.15) is 0 Å². The van der Waals surface area contributed by atoms with Crippen molar-refractivity contribution in [2.75, 3.05) is 0 Å². The predicted octanol–water partition coefficient (Wildman–Crippen LogP) is 3.21. The first-order valence-corrected chi connectivity index (χ1v) is 8.75. The van der Waals surface area contributed by atoms with Gasteiger partial charge in [0, 0.05) is 17.9 Å². The Morgan fingerprint density at radius 2 is 1.81 bits per heavy atom. The lowest BCUT2D eigenvalue weighted by Crippen LogP contribution is -2.49. The normalized spacial score (nSPS) is 38.9. The summed E-state index contributed by atoms with van der Waals surface area (Å²) in [6.45, 7) is 2.16. The van der Waals surface area contributed by atoms with Crippen molar-refractivity contribution in [2.24, 2.45) is 23.5 Å². The van der Waals surface area contributed by atoms with Crippen molar-refractivity contribution in [3.63, 3.8) is 0 Å². The quantitative estimate of drug-likeness (QED) is 0.904. The number of nitrogens with two attached hydrogens (primary N) is 1. The van der Waals surface area contributed by atoms with Gasteiger partial charge in [-0.2, -0.15) is 4.98 Å². The SMILES string of the molecule is CCCC(N)Cc1nc(C23CC4CC(CC(C4)C2)C3)no1. The van der Waals surface area contributed by atoms with E-state index in [0.717, 1.165) is 48.7 Å². The Bertz CT molecular complexity index is 475. The smallest absolute Gasteiger partial charge is 0.228 e. The largest absolute Gasteiger partial charge is 0.339 e. The molecule has 0 spiro atoms. The molecule has 5 rings (SSSR count). The van der Waals surface area contributed by atoms with Gasteiger partial charge < -0.3 is 10.3 Å². The summed E-state index contributed by atoms with van der Waals surface area (Å²) >= 11 is 0. The molecular formula is C17H27N3O. The minimum Gasteiger partial charge on any atom is -0.339 e. The maximum absolute atomic E-state index is 6.10. The molecule has 0 amide bonds. The van der Waals surface area contributed by atoms with Gasteiger partial charge in [-0.25, -0.2) is 0 Å². The zero-order valence-electron chi connectivity index (χ0n) is 13.1. The minimum absolute atomic E-state index is 0.152. The molecule has 1 unspecified atom stereocenters. The van der Waals surface area contributed by atoms with Gasteiger partial charge in [0.2, 0.25) is 5.89 Å². The molecule has 4 fully saturated rings. The second-order valence-electron chi connectivity index (χ2n) is 7.96. The van der Waals surface area contributed by atoms with Crippen molar-refractivity contribution < 1.29 is 4.52 Å². The summed E-state index contributed by atoms with van der Waals surface area (Å²) in [6.07, 6.45) is 11.1. The van der Waals surface area contributed by atoms with Crippen LogP contribution in [-0.4, -0.2) is 16.2 Å². The van der Waals surface area contributed by atoms with Crippen LogP contribution < -0.4 is 5.73 Å². The van der Waals surface area contributed by atoms with Gasteiger partial charge in [0.05, 0.1) is 0 Å². The van der Waals surface area contributed by atoms with Gasteiger partial charge in [-0.1, -0.05) is 18.5 Å². The maximum Gasteiger partial charge on any atom is 0.228 e. The molecule has 1 heterocycles. The summed E-state index contributed by atoms with van der Waals surface area (Å²) in [7, 11) is 0. The Hall–Kier alpha value is -0.900. The molecule has 0 aromatic carbocycles. The molecular weight excluding hydrogens is 262 g/mol. The molecule has 1 aromatic rings. The third-order valence-corrected chi connectivity index (χ3v) is 6.08. The fraction of sp³-hybridized carbons (Fsp3) is 0.882. The van der Waals surface area contributed by atoms with Crippen LogP contribution in [0.1, 0.15) is 70.0 Å². The molecule has 0 aliphatic heterocycles. The van der Waals surface area contributed by atoms with Crippen LogP contribution >= 0.6 is 0 Å². The maximum atomic E-state index is 6.10. The third-order valence-electron chi connectivity index (χ3n) is 6.08. The van der Waals surface area contributed by atoms with E-state index in [4.69, 9.17) is 15.2 Å². The van der Waals surface area contributed by atoms with Crippen LogP contribution in [0.3, 0.4) is 0 Å². The fourth-order valence-corrected chi connectivity index (χ4v) is 5.63. The van der Waals surface area contributed by atoms with Crippen LogP contribution in [0.5, 0.6) is 0 Å². The zero-order chi connectivity index (χ0) is 14.4. The van der Waals surface area contributed by atoms with Gasteiger partial charge in [-0.3, -0.25) is 0 Å². The van der Waals surface area contributed by atoms with E-state index < -0.39 is 0 Å². The highest BCUT2D eigenvalue weighted by Crippen LogP contribution is 2.60. The van der Waals surface area contributed by atoms with E-state index in [0.29, 0.717) is 0 Å². The molecule has 116 valence electrons. The van der Waals surface area contributed by atoms with Gasteiger partial charge in [-0.15, -0.1) is 0 Å². The van der Waals surface area contributed by atoms with E-state index in [-0.39, 0.29) is 11.5 Å². The molecule has 0 saturated heterocycles. The Kier molecular flexibility index (Phi) is 3.32. The molecule has 4 saturated carbocycles. The summed E-state index contributed by atoms with van der Waals surface area (Å²) in [4.78, 5) is 4.76. The topological polar surface area (TPSA) is 64.9 Å². The van der Waals surface area contributed by atoms with Gasteiger partial charge in [0.25, 0.3) is 0 Å². The zero-order valence-corrected chi connectivity index (χ0v) is 13.1. The van der Waals surface area contributed by atoms with Crippen LogP contribution in [0.4, 0.5) is 0 Å². The Morgan fingerprint density at radius 1 is 1.19 bits per heavy atom. The monoisotopic (exact) mass is 289 g/mol. The Morgan fingerprint density at radius 3 is 2.38 bits per heavy atom. The van der Waals surface area contributed by atoms with Crippen LogP contribution in [0.2, 0.25) is 0 Å². The number of hydrogen-bond donors (Lipinski definition) is 1. The first-order chi connectivity index (χ1) is 10.2. The highest BCUT2D eigenvalue weighted by molar-refractivity contribution is 5.16. The summed E-state index contributed by atoms with van der Waals surface area (Å²) in [5, 5.41) is 4.38. The number of rotatable bonds is 5. The van der Waals surface area contributed by atoms with E-state index in [1.807, 2.05) is 0 Å². The summed E-state index contributed by atoms with van der Waals surface area (Å²) in [5.74, 6) is 4.50. The Labute approximate surface area is 126 Å². The van der Waals surface area contributed by atoms with E-state index in [2.05, 4.69) is 12.1 Å². The minimum atomic E-state index is 0.152. The first kappa shape index (κ1) is 13.7. The molecule has 21 heavy (non-hydrogen) atoms. The summed E-state index contributed by atoms with van der Waals surface area (Å²) in [6, 6.07) is 0.152. The lowest BCUT2D eigenvalue weighted by Gasteiger charge is -2.55. The standard InChI is InChI=1S/C17H27N3O/c1-2-3-14(18)7-15-19-16(20-21-15)17-8-11-4-12(9-17)6-13(5-11)10-17/h11-14H,2-10,18H2,1H3. The second kappa shape index (κ2) is 5.08. The highest BCUT2D eigenvalue weighted by Gasteiger charge is 2.53. The first-order valence-electron chi connectivity index (χ1n) is 8.75. The van der Waals surface area contributed by atoms with Gasteiger partial charge in [0.15, 0.2) is 5.82 Å². The third kappa shape index (κ3) is 2.41. The molecule has 4 heteroatoms. The van der Waals surface area contributed by atoms with Crippen LogP contribution in [0.15, 0.2) is 4.52 Å². The van der Waals surface area contributed by atoms with E-state index in [1.54, 1.807) is 0 Å². The van der Waals surface area contributed by atoms with Gasteiger partial charge >= 0.3 is 0 Å². The van der Waals surface area contributed by atoms with Crippen molar-refractivity contribution in [3.05, 3.63) is 11.7 Å². The van der Waals surface area contributed by atoms with E-state index >= 15 is 0 Å². The summed E-state index contributed by atoms with van der Waals surface area (Å²) < 4.78 is 5.53. The molecule has 2 N–H and O–H groups in total. The number of nitrogens with zero attached hydrogens (tertiary/aromatic N) is 2. The van der Waals surface area contributed by atoms with E-state index in [1.165, 1.54) is 38.5 Å². The van der Waals surface area contributed by atoms with Crippen LogP contribution in [0.25, 0.3) is 0 Å². The summed E-state index contributed by atoms with van der Waals surface area (Å²) in [5.41, 5.74) is 6.35. The Balaban J connectivity index is 1.53. The lowest BCUT2D eigenvalue weighted by atomic mass is 9.49. The van der Waals surface area contributed by atoms with Crippen molar-refractivity contribution in [2.45, 2.75) is 76.2 Å². The lowest BCUT2D eigenvalue weighted by molar-refractivity contribution is -0.0103. The molecule has 1 aromatic heterocycles. The van der Waals surface area contributed by atoms with Crippen molar-refractivity contribution in [1.82, 2.24) is 10.1 Å². The highest BCUT2D eigenvalue weighted by atomic mass is 16.5.